The zero-order valence-corrected chi connectivity index (χ0v) is 15.1. The van der Waals surface area contributed by atoms with E-state index in [9.17, 15) is 4.79 Å². The monoisotopic (exact) mass is 323 g/mol. The molecule has 0 N–H and O–H groups in total. The van der Waals surface area contributed by atoms with Crippen LogP contribution >= 0.6 is 0 Å². The van der Waals surface area contributed by atoms with Gasteiger partial charge in [0.15, 0.2) is 5.78 Å². The van der Waals surface area contributed by atoms with E-state index in [-0.39, 0.29) is 11.3 Å². The van der Waals surface area contributed by atoms with Gasteiger partial charge in [0.2, 0.25) is 0 Å². The molecular formula is C22H29NO. The maximum absolute atomic E-state index is 13.2. The second-order valence-electron chi connectivity index (χ2n) is 7.30. The Hall–Kier alpha value is -1.70. The van der Waals surface area contributed by atoms with Gasteiger partial charge in [-0.2, -0.15) is 0 Å². The average Bonchev–Trinajstić information content (AvgIpc) is 2.88. The molecule has 2 aliphatic rings. The van der Waals surface area contributed by atoms with Crippen LogP contribution in [0.2, 0.25) is 0 Å². The third-order valence-electron chi connectivity index (χ3n) is 5.67. The molecule has 0 aromatic heterocycles. The molecule has 24 heavy (non-hydrogen) atoms. The highest BCUT2D eigenvalue weighted by atomic mass is 16.1. The predicted molar refractivity (Wildman–Crippen MR) is 101 cm³/mol. The lowest BCUT2D eigenvalue weighted by Gasteiger charge is -2.32. The fraction of sp³-hybridized carbons (Fsp3) is 0.545. The van der Waals surface area contributed by atoms with Crippen LogP contribution < -0.4 is 0 Å². The van der Waals surface area contributed by atoms with Crippen LogP contribution in [0.15, 0.2) is 46.5 Å². The number of rotatable bonds is 6. The molecule has 1 saturated carbocycles. The zero-order valence-electron chi connectivity index (χ0n) is 15.1. The van der Waals surface area contributed by atoms with Gasteiger partial charge in [-0.15, -0.1) is 0 Å². The lowest BCUT2D eigenvalue weighted by molar-refractivity contribution is 0.103. The maximum Gasteiger partial charge on any atom is 0.194 e. The van der Waals surface area contributed by atoms with Crippen molar-refractivity contribution in [2.75, 3.05) is 0 Å². The van der Waals surface area contributed by atoms with E-state index in [1.165, 1.54) is 37.7 Å². The van der Waals surface area contributed by atoms with Crippen LogP contribution in [0.1, 0.15) is 82.0 Å². The van der Waals surface area contributed by atoms with Crippen LogP contribution in [0.3, 0.4) is 0 Å². The van der Waals surface area contributed by atoms with E-state index >= 15 is 0 Å². The normalized spacial score (nSPS) is 19.7. The van der Waals surface area contributed by atoms with Gasteiger partial charge in [-0.25, -0.2) is 0 Å². The van der Waals surface area contributed by atoms with Gasteiger partial charge < -0.3 is 0 Å². The van der Waals surface area contributed by atoms with E-state index in [0.717, 1.165) is 42.5 Å². The third-order valence-corrected chi connectivity index (χ3v) is 5.67. The molecule has 128 valence electrons. The number of benzene rings is 1. The molecule has 1 aliphatic heterocycles. The molecule has 0 amide bonds. The molecule has 1 spiro atoms. The van der Waals surface area contributed by atoms with E-state index in [0.29, 0.717) is 0 Å². The standard InChI is InChI=1S/C22H29NO/c1-3-4-7-14-19-20(21(24)18-12-8-5-9-13-18)17(2)22(23-19)15-10-6-11-16-22/h5,8-9,12-13H,3-4,6-7,10-11,14-16H2,1-2H3. The Kier molecular flexibility index (Phi) is 5.33. The summed E-state index contributed by atoms with van der Waals surface area (Å²) in [7, 11) is 0. The molecule has 2 nitrogen and oxygen atoms in total. The van der Waals surface area contributed by atoms with Gasteiger partial charge in [0, 0.05) is 16.8 Å². The van der Waals surface area contributed by atoms with Gasteiger partial charge >= 0.3 is 0 Å². The number of nitrogens with zero attached hydrogens (tertiary/aromatic N) is 1. The summed E-state index contributed by atoms with van der Waals surface area (Å²) < 4.78 is 0. The number of carbonyl (C=O) groups is 1. The minimum atomic E-state index is -0.0699. The van der Waals surface area contributed by atoms with Crippen molar-refractivity contribution in [3.63, 3.8) is 0 Å². The Morgan fingerprint density at radius 3 is 2.46 bits per heavy atom. The van der Waals surface area contributed by atoms with E-state index in [1.54, 1.807) is 0 Å². The summed E-state index contributed by atoms with van der Waals surface area (Å²) in [6.07, 6.45) is 10.5. The molecule has 0 atom stereocenters. The van der Waals surface area contributed by atoms with Crippen molar-refractivity contribution in [1.29, 1.82) is 0 Å². The molecule has 0 saturated heterocycles. The van der Waals surface area contributed by atoms with Gasteiger partial charge in [-0.3, -0.25) is 9.79 Å². The van der Waals surface area contributed by atoms with E-state index < -0.39 is 0 Å². The number of unbranched alkanes of at least 4 members (excludes halogenated alkanes) is 2. The van der Waals surface area contributed by atoms with Crippen LogP contribution in [-0.2, 0) is 0 Å². The van der Waals surface area contributed by atoms with Gasteiger partial charge in [-0.05, 0) is 38.2 Å². The van der Waals surface area contributed by atoms with Gasteiger partial charge in [0.05, 0.1) is 5.54 Å². The first-order valence-corrected chi connectivity index (χ1v) is 9.58. The molecule has 1 fully saturated rings. The Morgan fingerprint density at radius 1 is 1.08 bits per heavy atom. The molecular weight excluding hydrogens is 294 g/mol. The van der Waals surface area contributed by atoms with Crippen LogP contribution in [0.5, 0.6) is 0 Å². The molecule has 1 aromatic carbocycles. The highest BCUT2D eigenvalue weighted by Crippen LogP contribution is 2.44. The van der Waals surface area contributed by atoms with E-state index in [4.69, 9.17) is 4.99 Å². The fourth-order valence-corrected chi connectivity index (χ4v) is 4.23. The highest BCUT2D eigenvalue weighted by Gasteiger charge is 2.42. The van der Waals surface area contributed by atoms with Crippen molar-refractivity contribution >= 4 is 11.5 Å². The van der Waals surface area contributed by atoms with Crippen molar-refractivity contribution < 1.29 is 4.79 Å². The van der Waals surface area contributed by atoms with Crippen LogP contribution in [0.25, 0.3) is 0 Å². The molecule has 1 aromatic rings. The smallest absolute Gasteiger partial charge is 0.194 e. The molecule has 3 rings (SSSR count). The molecule has 0 radical (unpaired) electrons. The first-order valence-electron chi connectivity index (χ1n) is 9.58. The highest BCUT2D eigenvalue weighted by molar-refractivity contribution is 6.29. The second kappa shape index (κ2) is 7.46. The van der Waals surface area contributed by atoms with Crippen molar-refractivity contribution in [1.82, 2.24) is 0 Å². The summed E-state index contributed by atoms with van der Waals surface area (Å²) in [6.45, 7) is 4.38. The quantitative estimate of drug-likeness (QED) is 0.471. The number of hydrogen-bond acceptors (Lipinski definition) is 2. The van der Waals surface area contributed by atoms with Crippen LogP contribution in [0, 0.1) is 0 Å². The lowest BCUT2D eigenvalue weighted by atomic mass is 9.76. The Morgan fingerprint density at radius 2 is 1.79 bits per heavy atom. The molecule has 1 heterocycles. The Bertz CT molecular complexity index is 648. The van der Waals surface area contributed by atoms with Gasteiger partial charge in [-0.1, -0.05) is 69.4 Å². The second-order valence-corrected chi connectivity index (χ2v) is 7.30. The topological polar surface area (TPSA) is 29.4 Å². The first kappa shape index (κ1) is 17.1. The van der Waals surface area contributed by atoms with E-state index in [2.05, 4.69) is 13.8 Å². The minimum absolute atomic E-state index is 0.0699. The number of carbonyl (C=O) groups excluding carboxylic acids is 1. The number of ketones is 1. The van der Waals surface area contributed by atoms with Gasteiger partial charge in [0.1, 0.15) is 0 Å². The summed E-state index contributed by atoms with van der Waals surface area (Å²) in [5.41, 5.74) is 3.97. The van der Waals surface area contributed by atoms with Crippen molar-refractivity contribution in [2.24, 2.45) is 4.99 Å². The lowest BCUT2D eigenvalue weighted by Crippen LogP contribution is -2.29. The largest absolute Gasteiger partial charge is 0.289 e. The van der Waals surface area contributed by atoms with Crippen LogP contribution in [-0.4, -0.2) is 17.0 Å². The summed E-state index contributed by atoms with van der Waals surface area (Å²) in [6, 6.07) is 9.71. The summed E-state index contributed by atoms with van der Waals surface area (Å²) in [4.78, 5) is 18.4. The van der Waals surface area contributed by atoms with Crippen LogP contribution in [0.4, 0.5) is 0 Å². The predicted octanol–water partition coefficient (Wildman–Crippen LogP) is 5.92. The van der Waals surface area contributed by atoms with E-state index in [1.807, 2.05) is 30.3 Å². The maximum atomic E-state index is 13.2. The zero-order chi connectivity index (χ0) is 17.0. The number of Topliss-reactive ketones (excluding diaryl/α,β-unsaturated/α-hetero) is 1. The SMILES string of the molecule is CCCCCC1=NC2(CCCCC2)C(C)=C1C(=O)c1ccccc1. The summed E-state index contributed by atoms with van der Waals surface area (Å²) in [5, 5.41) is 0. The first-order chi connectivity index (χ1) is 11.7. The number of allylic oxidation sites excluding steroid dienone is 1. The summed E-state index contributed by atoms with van der Waals surface area (Å²) in [5.74, 6) is 0.172. The molecule has 1 aliphatic carbocycles. The van der Waals surface area contributed by atoms with Crippen molar-refractivity contribution in [3.05, 3.63) is 47.0 Å². The molecule has 0 unspecified atom stereocenters. The number of aliphatic imine (C=N–C) groups is 1. The Labute approximate surface area is 146 Å². The fourth-order valence-electron chi connectivity index (χ4n) is 4.23. The van der Waals surface area contributed by atoms with Crippen molar-refractivity contribution in [3.8, 4) is 0 Å². The third kappa shape index (κ3) is 3.24. The summed E-state index contributed by atoms with van der Waals surface area (Å²) >= 11 is 0. The Balaban J connectivity index is 1.95. The average molecular weight is 323 g/mol. The van der Waals surface area contributed by atoms with Gasteiger partial charge in [0.25, 0.3) is 0 Å². The van der Waals surface area contributed by atoms with Crippen molar-refractivity contribution in [2.45, 2.75) is 77.2 Å². The number of hydrogen-bond donors (Lipinski definition) is 0. The molecule has 0 bridgehead atoms. The molecule has 2 heteroatoms. The minimum Gasteiger partial charge on any atom is -0.289 e.